The molecule has 0 saturated heterocycles. The molecule has 1 aromatic heterocycles. The number of thiazole rings is 1. The largest absolute Gasteiger partial charge is 0.332 e. The summed E-state index contributed by atoms with van der Waals surface area (Å²) in [7, 11) is 2.68. The van der Waals surface area contributed by atoms with Crippen LogP contribution < -0.4 is 10.6 Å². The van der Waals surface area contributed by atoms with Crippen LogP contribution in [0.5, 0.6) is 0 Å². The van der Waals surface area contributed by atoms with E-state index in [0.29, 0.717) is 0 Å². The molecule has 0 radical (unpaired) electrons. The van der Waals surface area contributed by atoms with Gasteiger partial charge in [-0.05, 0) is 17.4 Å². The van der Waals surface area contributed by atoms with Crippen LogP contribution in [0.4, 0.5) is 10.8 Å². The van der Waals surface area contributed by atoms with Gasteiger partial charge in [-0.25, -0.2) is 4.98 Å². The molecule has 1 unspecified atom stereocenters. The van der Waals surface area contributed by atoms with Gasteiger partial charge in [0.2, 0.25) is 0 Å². The number of hydrogen-bond donors (Lipinski definition) is 1. The van der Waals surface area contributed by atoms with Gasteiger partial charge in [0, 0.05) is 16.6 Å². The highest BCUT2D eigenvalue weighted by Crippen LogP contribution is 2.26. The summed E-state index contributed by atoms with van der Waals surface area (Å²) in [5.41, 5.74) is 3.21. The topological polar surface area (TPSA) is 24.9 Å². The Balaban J connectivity index is 1.80. The van der Waals surface area contributed by atoms with Gasteiger partial charge in [0.25, 0.3) is 0 Å². The number of benzene rings is 2. The first-order valence-electron chi connectivity index (χ1n) is 5.95. The highest BCUT2D eigenvalue weighted by atomic mass is 32.1. The minimum Gasteiger partial charge on any atom is -0.332 e. The van der Waals surface area contributed by atoms with Crippen molar-refractivity contribution in [3.05, 3.63) is 60.0 Å². The van der Waals surface area contributed by atoms with E-state index in [1.807, 2.05) is 30.3 Å². The van der Waals surface area contributed by atoms with Crippen molar-refractivity contribution in [2.45, 2.75) is 0 Å². The van der Waals surface area contributed by atoms with E-state index in [-0.39, 0.29) is 0 Å². The zero-order valence-corrected chi connectivity index (χ0v) is 12.2. The van der Waals surface area contributed by atoms with Crippen LogP contribution >= 0.6 is 20.6 Å². The van der Waals surface area contributed by atoms with Crippen LogP contribution in [-0.2, 0) is 0 Å². The lowest BCUT2D eigenvalue weighted by atomic mass is 10.2. The second kappa shape index (κ2) is 5.52. The lowest BCUT2D eigenvalue weighted by Gasteiger charge is -2.02. The maximum Gasteiger partial charge on any atom is 0.187 e. The van der Waals surface area contributed by atoms with Crippen LogP contribution in [0.1, 0.15) is 0 Å². The molecular formula is C15H13N2PS. The molecule has 2 nitrogen and oxygen atoms in total. The molecule has 0 bridgehead atoms. The van der Waals surface area contributed by atoms with Crippen LogP contribution in [0.2, 0.25) is 0 Å². The zero-order valence-electron chi connectivity index (χ0n) is 10.2. The van der Waals surface area contributed by atoms with E-state index >= 15 is 0 Å². The number of anilines is 2. The Morgan fingerprint density at radius 1 is 0.947 bits per heavy atom. The Morgan fingerprint density at radius 2 is 1.68 bits per heavy atom. The molecule has 1 N–H and O–H groups in total. The molecule has 0 fully saturated rings. The SMILES string of the molecule is Pc1ccc(Nc2nc(-c3ccccc3)cs2)cc1. The molecule has 0 aliphatic carbocycles. The first-order chi connectivity index (χ1) is 9.31. The molecule has 0 aliphatic heterocycles. The third-order valence-electron chi connectivity index (χ3n) is 2.74. The van der Waals surface area contributed by atoms with Gasteiger partial charge in [0.15, 0.2) is 5.13 Å². The highest BCUT2D eigenvalue weighted by molar-refractivity contribution is 7.27. The average Bonchev–Trinajstić information content (AvgIpc) is 2.91. The van der Waals surface area contributed by atoms with Crippen LogP contribution in [0, 0.1) is 0 Å². The van der Waals surface area contributed by atoms with E-state index < -0.39 is 0 Å². The molecule has 94 valence electrons. The van der Waals surface area contributed by atoms with Gasteiger partial charge in [-0.3, -0.25) is 0 Å². The normalized spacial score (nSPS) is 10.4. The summed E-state index contributed by atoms with van der Waals surface area (Å²) in [6.45, 7) is 0. The van der Waals surface area contributed by atoms with E-state index in [0.717, 1.165) is 22.1 Å². The Morgan fingerprint density at radius 3 is 2.42 bits per heavy atom. The average molecular weight is 284 g/mol. The Kier molecular flexibility index (Phi) is 3.58. The summed E-state index contributed by atoms with van der Waals surface area (Å²) in [5, 5.41) is 7.48. The lowest BCUT2D eigenvalue weighted by molar-refractivity contribution is 1.38. The van der Waals surface area contributed by atoms with Crippen molar-refractivity contribution >= 4 is 36.7 Å². The monoisotopic (exact) mass is 284 g/mol. The van der Waals surface area contributed by atoms with Crippen LogP contribution in [0.15, 0.2) is 60.0 Å². The number of nitrogens with zero attached hydrogens (tertiary/aromatic N) is 1. The molecule has 0 spiro atoms. The van der Waals surface area contributed by atoms with E-state index in [1.165, 1.54) is 5.30 Å². The van der Waals surface area contributed by atoms with E-state index in [1.54, 1.807) is 11.3 Å². The fraction of sp³-hybridized carbons (Fsp3) is 0. The number of aromatic nitrogens is 1. The first-order valence-corrected chi connectivity index (χ1v) is 7.40. The van der Waals surface area contributed by atoms with Gasteiger partial charge < -0.3 is 5.32 Å². The van der Waals surface area contributed by atoms with Crippen molar-refractivity contribution in [3.63, 3.8) is 0 Å². The molecule has 0 aliphatic rings. The summed E-state index contributed by atoms with van der Waals surface area (Å²) in [5.74, 6) is 0. The summed E-state index contributed by atoms with van der Waals surface area (Å²) in [6, 6.07) is 18.4. The van der Waals surface area contributed by atoms with Crippen molar-refractivity contribution in [1.82, 2.24) is 4.98 Å². The Hall–Kier alpha value is -1.70. The molecule has 0 saturated carbocycles. The predicted octanol–water partition coefficient (Wildman–Crippen LogP) is 4.05. The summed E-state index contributed by atoms with van der Waals surface area (Å²) in [6.07, 6.45) is 0. The smallest absolute Gasteiger partial charge is 0.187 e. The molecule has 3 aromatic rings. The van der Waals surface area contributed by atoms with Crippen molar-refractivity contribution in [3.8, 4) is 11.3 Å². The fourth-order valence-corrected chi connectivity index (χ4v) is 2.69. The lowest BCUT2D eigenvalue weighted by Crippen LogP contribution is -1.93. The molecule has 4 heteroatoms. The number of hydrogen-bond acceptors (Lipinski definition) is 3. The number of nitrogens with one attached hydrogen (secondary N) is 1. The van der Waals surface area contributed by atoms with Crippen LogP contribution in [-0.4, -0.2) is 4.98 Å². The van der Waals surface area contributed by atoms with Crippen LogP contribution in [0.25, 0.3) is 11.3 Å². The molecule has 0 amide bonds. The van der Waals surface area contributed by atoms with Gasteiger partial charge in [-0.2, -0.15) is 0 Å². The zero-order chi connectivity index (χ0) is 13.1. The maximum atomic E-state index is 4.60. The standard InChI is InChI=1S/C15H13N2PS/c18-13-8-6-12(7-9-13)16-15-17-14(10-19-15)11-4-2-1-3-5-11/h1-10H,18H2,(H,16,17). The van der Waals surface area contributed by atoms with Gasteiger partial charge >= 0.3 is 0 Å². The second-order valence-electron chi connectivity index (χ2n) is 4.15. The van der Waals surface area contributed by atoms with Gasteiger partial charge in [0.1, 0.15) is 0 Å². The summed E-state index contributed by atoms with van der Waals surface area (Å²) in [4.78, 5) is 4.60. The van der Waals surface area contributed by atoms with E-state index in [4.69, 9.17) is 0 Å². The molecule has 1 heterocycles. The Bertz CT molecular complexity index is 662. The van der Waals surface area contributed by atoms with Crippen molar-refractivity contribution in [2.24, 2.45) is 0 Å². The maximum absolute atomic E-state index is 4.60. The van der Waals surface area contributed by atoms with Gasteiger partial charge in [-0.15, -0.1) is 20.6 Å². The third-order valence-corrected chi connectivity index (χ3v) is 3.88. The fourth-order valence-electron chi connectivity index (χ4n) is 1.76. The third kappa shape index (κ3) is 3.01. The number of rotatable bonds is 3. The quantitative estimate of drug-likeness (QED) is 0.734. The first kappa shape index (κ1) is 12.3. The minimum atomic E-state index is 0.912. The molecule has 2 aromatic carbocycles. The van der Waals surface area contributed by atoms with Gasteiger partial charge in [-0.1, -0.05) is 42.5 Å². The van der Waals surface area contributed by atoms with Crippen LogP contribution in [0.3, 0.4) is 0 Å². The predicted molar refractivity (Wildman–Crippen MR) is 86.6 cm³/mol. The molecule has 1 atom stereocenters. The summed E-state index contributed by atoms with van der Waals surface area (Å²) < 4.78 is 0. The van der Waals surface area contributed by atoms with Crippen molar-refractivity contribution < 1.29 is 0 Å². The van der Waals surface area contributed by atoms with Crippen molar-refractivity contribution in [2.75, 3.05) is 5.32 Å². The summed E-state index contributed by atoms with van der Waals surface area (Å²) >= 11 is 1.62. The molecule has 19 heavy (non-hydrogen) atoms. The van der Waals surface area contributed by atoms with Gasteiger partial charge in [0.05, 0.1) is 5.69 Å². The van der Waals surface area contributed by atoms with E-state index in [9.17, 15) is 0 Å². The second-order valence-corrected chi connectivity index (χ2v) is 5.68. The minimum absolute atomic E-state index is 0.912. The Labute approximate surface area is 118 Å². The molecular weight excluding hydrogens is 271 g/mol. The highest BCUT2D eigenvalue weighted by Gasteiger charge is 2.04. The van der Waals surface area contributed by atoms with Crippen molar-refractivity contribution in [1.29, 1.82) is 0 Å². The molecule has 3 rings (SSSR count). The van der Waals surface area contributed by atoms with E-state index in [2.05, 4.69) is 49.2 Å².